The lowest BCUT2D eigenvalue weighted by atomic mass is 10.1. The van der Waals surface area contributed by atoms with E-state index in [4.69, 9.17) is 5.73 Å². The molecule has 0 aliphatic rings. The number of nitrogen functional groups attached to an aromatic ring is 1. The van der Waals surface area contributed by atoms with Gasteiger partial charge in [-0.2, -0.15) is 0 Å². The van der Waals surface area contributed by atoms with E-state index in [0.717, 1.165) is 5.39 Å². The number of fused-ring (bicyclic) bond motifs is 1. The minimum Gasteiger partial charge on any atom is -0.392 e. The Morgan fingerprint density at radius 2 is 2.16 bits per heavy atom. The van der Waals surface area contributed by atoms with Gasteiger partial charge < -0.3 is 15.7 Å². The molecule has 0 fully saturated rings. The lowest BCUT2D eigenvalue weighted by molar-refractivity contribution is 0.0705. The van der Waals surface area contributed by atoms with Crippen molar-refractivity contribution in [2.75, 3.05) is 19.3 Å². The van der Waals surface area contributed by atoms with Gasteiger partial charge in [-0.05, 0) is 19.1 Å². The zero-order chi connectivity index (χ0) is 14.0. The Kier molecular flexibility index (Phi) is 3.66. The normalized spacial score (nSPS) is 12.4. The van der Waals surface area contributed by atoms with Crippen LogP contribution in [0.3, 0.4) is 0 Å². The number of nitrogens with zero attached hydrogens (tertiary/aromatic N) is 2. The van der Waals surface area contributed by atoms with Crippen LogP contribution in [0.1, 0.15) is 17.3 Å². The van der Waals surface area contributed by atoms with Gasteiger partial charge in [-0.3, -0.25) is 4.79 Å². The zero-order valence-electron chi connectivity index (χ0n) is 11.0. The van der Waals surface area contributed by atoms with Crippen molar-refractivity contribution >= 4 is 22.6 Å². The first-order valence-corrected chi connectivity index (χ1v) is 6.08. The van der Waals surface area contributed by atoms with Crippen molar-refractivity contribution < 1.29 is 9.90 Å². The topological polar surface area (TPSA) is 79.5 Å². The number of nitrogens with two attached hydrogens (primary N) is 1. The Bertz CT molecular complexity index is 611. The van der Waals surface area contributed by atoms with Gasteiger partial charge >= 0.3 is 0 Å². The quantitative estimate of drug-likeness (QED) is 0.870. The van der Waals surface area contributed by atoms with E-state index >= 15 is 0 Å². The molecule has 1 aromatic heterocycles. The highest BCUT2D eigenvalue weighted by Crippen LogP contribution is 2.20. The smallest absolute Gasteiger partial charge is 0.254 e. The highest BCUT2D eigenvalue weighted by Gasteiger charge is 2.17. The summed E-state index contributed by atoms with van der Waals surface area (Å²) in [6, 6.07) is 8.93. The Morgan fingerprint density at radius 3 is 2.84 bits per heavy atom. The van der Waals surface area contributed by atoms with Crippen LogP contribution in [0.2, 0.25) is 0 Å². The van der Waals surface area contributed by atoms with Crippen LogP contribution in [0.4, 0.5) is 5.82 Å². The van der Waals surface area contributed by atoms with Crippen molar-refractivity contribution in [3.63, 3.8) is 0 Å². The molecule has 0 aliphatic heterocycles. The van der Waals surface area contributed by atoms with E-state index in [1.54, 1.807) is 20.0 Å². The monoisotopic (exact) mass is 259 g/mol. The summed E-state index contributed by atoms with van der Waals surface area (Å²) in [6.45, 7) is 1.91. The van der Waals surface area contributed by atoms with Crippen LogP contribution >= 0.6 is 0 Å². The standard InChI is InChI=1S/C14H17N3O2/c1-9(18)8-17(2)14(19)11-7-13(15)16-12-6-4-3-5-10(11)12/h3-7,9,18H,8H2,1-2H3,(H2,15,16). The SMILES string of the molecule is CC(O)CN(C)C(=O)c1cc(N)nc2ccccc12. The molecule has 2 aromatic rings. The minimum absolute atomic E-state index is 0.175. The van der Waals surface area contributed by atoms with E-state index < -0.39 is 6.10 Å². The molecule has 0 radical (unpaired) electrons. The van der Waals surface area contributed by atoms with E-state index in [-0.39, 0.29) is 12.5 Å². The molecule has 100 valence electrons. The van der Waals surface area contributed by atoms with E-state index in [0.29, 0.717) is 16.9 Å². The number of hydrogen-bond acceptors (Lipinski definition) is 4. The van der Waals surface area contributed by atoms with Gasteiger partial charge in [-0.25, -0.2) is 4.98 Å². The number of aliphatic hydroxyl groups excluding tert-OH is 1. The lowest BCUT2D eigenvalue weighted by Gasteiger charge is -2.19. The van der Waals surface area contributed by atoms with Crippen LogP contribution < -0.4 is 5.73 Å². The summed E-state index contributed by atoms with van der Waals surface area (Å²) in [5.74, 6) is 0.138. The molecule has 3 N–H and O–H groups in total. The number of aromatic nitrogens is 1. The molecule has 1 heterocycles. The summed E-state index contributed by atoms with van der Waals surface area (Å²) in [5, 5.41) is 10.1. The Hall–Kier alpha value is -2.14. The van der Waals surface area contributed by atoms with Crippen LogP contribution in [0.5, 0.6) is 0 Å². The molecule has 1 unspecified atom stereocenters. The molecule has 5 heteroatoms. The van der Waals surface area contributed by atoms with Gasteiger partial charge in [0.05, 0.1) is 17.2 Å². The third kappa shape index (κ3) is 2.82. The Balaban J connectivity index is 2.47. The van der Waals surface area contributed by atoms with Crippen molar-refractivity contribution in [1.82, 2.24) is 9.88 Å². The Morgan fingerprint density at radius 1 is 1.47 bits per heavy atom. The van der Waals surface area contributed by atoms with Crippen molar-refractivity contribution in [3.8, 4) is 0 Å². The highest BCUT2D eigenvalue weighted by atomic mass is 16.3. The molecule has 1 atom stereocenters. The van der Waals surface area contributed by atoms with E-state index in [9.17, 15) is 9.90 Å². The molecule has 0 spiro atoms. The van der Waals surface area contributed by atoms with E-state index in [1.807, 2.05) is 24.3 Å². The maximum atomic E-state index is 12.4. The first kappa shape index (κ1) is 13.3. The zero-order valence-corrected chi connectivity index (χ0v) is 11.0. The summed E-state index contributed by atoms with van der Waals surface area (Å²) >= 11 is 0. The van der Waals surface area contributed by atoms with Crippen LogP contribution in [0, 0.1) is 0 Å². The Labute approximate surface area is 111 Å². The van der Waals surface area contributed by atoms with Crippen LogP contribution in [-0.4, -0.2) is 40.6 Å². The van der Waals surface area contributed by atoms with E-state index in [2.05, 4.69) is 4.98 Å². The van der Waals surface area contributed by atoms with Crippen molar-refractivity contribution in [2.45, 2.75) is 13.0 Å². The van der Waals surface area contributed by atoms with Gasteiger partial charge in [0.25, 0.3) is 5.91 Å². The largest absolute Gasteiger partial charge is 0.392 e. The number of pyridine rings is 1. The number of hydrogen-bond donors (Lipinski definition) is 2. The van der Waals surface area contributed by atoms with Crippen molar-refractivity contribution in [1.29, 1.82) is 0 Å². The second kappa shape index (κ2) is 5.24. The minimum atomic E-state index is -0.570. The van der Waals surface area contributed by atoms with Gasteiger partial charge in [0, 0.05) is 19.0 Å². The summed E-state index contributed by atoms with van der Waals surface area (Å²) in [7, 11) is 1.65. The lowest BCUT2D eigenvalue weighted by Crippen LogP contribution is -2.33. The molecule has 0 saturated heterocycles. The molecule has 0 bridgehead atoms. The molecular formula is C14H17N3O2. The van der Waals surface area contributed by atoms with Crippen LogP contribution in [0.15, 0.2) is 30.3 Å². The van der Waals surface area contributed by atoms with Gasteiger partial charge in [-0.1, -0.05) is 18.2 Å². The summed E-state index contributed by atoms with van der Waals surface area (Å²) in [5.41, 5.74) is 6.93. The van der Waals surface area contributed by atoms with Gasteiger partial charge in [-0.15, -0.1) is 0 Å². The number of amides is 1. The predicted octanol–water partition coefficient (Wildman–Crippen LogP) is 1.27. The number of para-hydroxylation sites is 1. The van der Waals surface area contributed by atoms with Crippen molar-refractivity contribution in [3.05, 3.63) is 35.9 Å². The first-order valence-electron chi connectivity index (χ1n) is 6.08. The third-order valence-corrected chi connectivity index (χ3v) is 2.85. The van der Waals surface area contributed by atoms with Gasteiger partial charge in [0.2, 0.25) is 0 Å². The van der Waals surface area contributed by atoms with Crippen molar-refractivity contribution in [2.24, 2.45) is 0 Å². The van der Waals surface area contributed by atoms with Crippen LogP contribution in [-0.2, 0) is 0 Å². The second-order valence-corrected chi connectivity index (χ2v) is 4.65. The second-order valence-electron chi connectivity index (χ2n) is 4.65. The van der Waals surface area contributed by atoms with Crippen LogP contribution in [0.25, 0.3) is 10.9 Å². The number of carbonyl (C=O) groups is 1. The third-order valence-electron chi connectivity index (χ3n) is 2.85. The summed E-state index contributed by atoms with van der Waals surface area (Å²) in [6.07, 6.45) is -0.570. The molecule has 1 aromatic carbocycles. The number of rotatable bonds is 3. The maximum absolute atomic E-state index is 12.4. The fourth-order valence-corrected chi connectivity index (χ4v) is 2.06. The van der Waals surface area contributed by atoms with Gasteiger partial charge in [0.15, 0.2) is 0 Å². The number of likely N-dealkylation sites (N-methyl/N-ethyl adjacent to an activating group) is 1. The number of aliphatic hydroxyl groups is 1. The average Bonchev–Trinajstić information content (AvgIpc) is 2.36. The molecule has 5 nitrogen and oxygen atoms in total. The van der Waals surface area contributed by atoms with E-state index in [1.165, 1.54) is 4.90 Å². The molecule has 0 aliphatic carbocycles. The first-order chi connectivity index (χ1) is 8.99. The molecule has 19 heavy (non-hydrogen) atoms. The maximum Gasteiger partial charge on any atom is 0.254 e. The summed E-state index contributed by atoms with van der Waals surface area (Å²) < 4.78 is 0. The summed E-state index contributed by atoms with van der Waals surface area (Å²) in [4.78, 5) is 18.1. The van der Waals surface area contributed by atoms with Gasteiger partial charge in [0.1, 0.15) is 5.82 Å². The molecule has 0 saturated carbocycles. The number of anilines is 1. The number of benzene rings is 1. The molecular weight excluding hydrogens is 242 g/mol. The average molecular weight is 259 g/mol. The highest BCUT2D eigenvalue weighted by molar-refractivity contribution is 6.06. The molecule has 2 rings (SSSR count). The predicted molar refractivity (Wildman–Crippen MR) is 74.8 cm³/mol. The number of carbonyl (C=O) groups excluding carboxylic acids is 1. The molecule has 1 amide bonds. The fraction of sp³-hybridized carbons (Fsp3) is 0.286. The fourth-order valence-electron chi connectivity index (χ4n) is 2.06.